The Morgan fingerprint density at radius 1 is 1.35 bits per heavy atom. The predicted molar refractivity (Wildman–Crippen MR) is 90.6 cm³/mol. The first-order valence-corrected chi connectivity index (χ1v) is 7.74. The lowest BCUT2D eigenvalue weighted by Gasteiger charge is -2.32. The van der Waals surface area contributed by atoms with Gasteiger partial charge in [-0.2, -0.15) is 0 Å². The first-order chi connectivity index (χ1) is 11.1. The molecule has 0 spiro atoms. The van der Waals surface area contributed by atoms with Gasteiger partial charge in [0.05, 0.1) is 0 Å². The van der Waals surface area contributed by atoms with Gasteiger partial charge < -0.3 is 26.4 Å². The number of urea groups is 1. The van der Waals surface area contributed by atoms with Gasteiger partial charge in [0.15, 0.2) is 0 Å². The highest BCUT2D eigenvalue weighted by Gasteiger charge is 2.21. The van der Waals surface area contributed by atoms with E-state index in [0.29, 0.717) is 12.6 Å². The molecule has 0 aromatic heterocycles. The van der Waals surface area contributed by atoms with Crippen LogP contribution in [0.25, 0.3) is 0 Å². The van der Waals surface area contributed by atoms with Gasteiger partial charge in [0, 0.05) is 31.9 Å². The quantitative estimate of drug-likeness (QED) is 0.621. The number of benzene rings is 1. The van der Waals surface area contributed by atoms with Crippen molar-refractivity contribution in [3.05, 3.63) is 29.8 Å². The van der Waals surface area contributed by atoms with E-state index in [1.807, 2.05) is 4.90 Å². The highest BCUT2D eigenvalue weighted by atomic mass is 16.3. The standard InChI is InChI=1S/C15H24N4O.CH2O2/c1-17-15(20)19-10-7-14(8-11-19)18-13-4-2-12(3-5-13)6-9-16;2-1-3/h2-5,14,18H,6-11,16H2,1H3,(H,17,20);1H,(H,2,3). The zero-order valence-electron chi connectivity index (χ0n) is 13.5. The molecule has 1 aliphatic heterocycles. The second kappa shape index (κ2) is 10.4. The third-order valence-corrected chi connectivity index (χ3v) is 3.75. The monoisotopic (exact) mass is 322 g/mol. The molecule has 5 N–H and O–H groups in total. The number of carbonyl (C=O) groups excluding carboxylic acids is 1. The van der Waals surface area contributed by atoms with Crippen LogP contribution >= 0.6 is 0 Å². The lowest BCUT2D eigenvalue weighted by Crippen LogP contribution is -2.45. The number of likely N-dealkylation sites (tertiary alicyclic amines) is 1. The Labute approximate surface area is 136 Å². The van der Waals surface area contributed by atoms with Crippen molar-refractivity contribution in [2.24, 2.45) is 5.73 Å². The molecule has 1 aliphatic rings. The SMILES string of the molecule is CNC(=O)N1CCC(Nc2ccc(CCN)cc2)CC1.O=CO. The van der Waals surface area contributed by atoms with Crippen molar-refractivity contribution in [2.75, 3.05) is 32.0 Å². The molecule has 0 unspecified atom stereocenters. The van der Waals surface area contributed by atoms with E-state index in [2.05, 4.69) is 34.9 Å². The van der Waals surface area contributed by atoms with Gasteiger partial charge >= 0.3 is 6.03 Å². The molecule has 1 saturated heterocycles. The lowest BCUT2D eigenvalue weighted by molar-refractivity contribution is -0.122. The minimum absolute atomic E-state index is 0.0228. The molecule has 7 nitrogen and oxygen atoms in total. The summed E-state index contributed by atoms with van der Waals surface area (Å²) in [6.07, 6.45) is 2.89. The zero-order valence-corrected chi connectivity index (χ0v) is 13.5. The highest BCUT2D eigenvalue weighted by molar-refractivity contribution is 5.73. The molecular formula is C16H26N4O3. The summed E-state index contributed by atoms with van der Waals surface area (Å²) >= 11 is 0. The molecule has 0 saturated carbocycles. The fourth-order valence-corrected chi connectivity index (χ4v) is 2.56. The topological polar surface area (TPSA) is 108 Å². The summed E-state index contributed by atoms with van der Waals surface area (Å²) in [5.41, 5.74) is 7.96. The summed E-state index contributed by atoms with van der Waals surface area (Å²) in [4.78, 5) is 21.7. The second-order valence-electron chi connectivity index (χ2n) is 5.30. The van der Waals surface area contributed by atoms with Crippen LogP contribution in [0.4, 0.5) is 10.5 Å². The molecule has 1 aromatic carbocycles. The Morgan fingerprint density at radius 3 is 2.39 bits per heavy atom. The number of hydrogen-bond donors (Lipinski definition) is 4. The van der Waals surface area contributed by atoms with Crippen LogP contribution in [0.15, 0.2) is 24.3 Å². The average Bonchev–Trinajstić information content (AvgIpc) is 2.58. The van der Waals surface area contributed by atoms with Crippen molar-refractivity contribution in [1.29, 1.82) is 0 Å². The van der Waals surface area contributed by atoms with Gasteiger partial charge in [-0.05, 0) is 43.5 Å². The number of carboxylic acid groups (broad SMARTS) is 1. The number of piperidine rings is 1. The minimum Gasteiger partial charge on any atom is -0.483 e. The summed E-state index contributed by atoms with van der Waals surface area (Å²) < 4.78 is 0. The Balaban J connectivity index is 0.000000816. The largest absolute Gasteiger partial charge is 0.483 e. The number of carbonyl (C=O) groups is 2. The van der Waals surface area contributed by atoms with Gasteiger partial charge in [0.2, 0.25) is 0 Å². The maximum atomic E-state index is 11.5. The molecule has 23 heavy (non-hydrogen) atoms. The van der Waals surface area contributed by atoms with Crippen molar-refractivity contribution in [3.8, 4) is 0 Å². The predicted octanol–water partition coefficient (Wildman–Crippen LogP) is 1.10. The molecule has 1 aromatic rings. The van der Waals surface area contributed by atoms with Gasteiger partial charge in [0.25, 0.3) is 6.47 Å². The number of amides is 2. The third kappa shape index (κ3) is 6.56. The molecule has 2 amide bonds. The maximum absolute atomic E-state index is 11.5. The molecular weight excluding hydrogens is 296 g/mol. The van der Waals surface area contributed by atoms with Gasteiger partial charge in [-0.25, -0.2) is 4.79 Å². The van der Waals surface area contributed by atoms with Crippen molar-refractivity contribution >= 4 is 18.2 Å². The van der Waals surface area contributed by atoms with Crippen molar-refractivity contribution in [2.45, 2.75) is 25.3 Å². The van der Waals surface area contributed by atoms with E-state index in [1.165, 1.54) is 5.56 Å². The summed E-state index contributed by atoms with van der Waals surface area (Å²) in [5, 5.41) is 13.1. The molecule has 2 rings (SSSR count). The molecule has 128 valence electrons. The van der Waals surface area contributed by atoms with Gasteiger partial charge in [-0.1, -0.05) is 12.1 Å². The summed E-state index contributed by atoms with van der Waals surface area (Å²) in [7, 11) is 1.68. The first-order valence-electron chi connectivity index (χ1n) is 7.74. The fourth-order valence-electron chi connectivity index (χ4n) is 2.56. The Hall–Kier alpha value is -2.28. The third-order valence-electron chi connectivity index (χ3n) is 3.75. The first kappa shape index (κ1) is 18.8. The molecule has 1 heterocycles. The van der Waals surface area contributed by atoms with Crippen LogP contribution in [0.5, 0.6) is 0 Å². The molecule has 7 heteroatoms. The normalized spacial score (nSPS) is 14.4. The van der Waals surface area contributed by atoms with Gasteiger partial charge in [-0.3, -0.25) is 4.79 Å². The molecule has 0 atom stereocenters. The molecule has 0 radical (unpaired) electrons. The summed E-state index contributed by atoms with van der Waals surface area (Å²) in [6, 6.07) is 8.92. The fraction of sp³-hybridized carbons (Fsp3) is 0.500. The Kier molecular flexibility index (Phi) is 8.52. The van der Waals surface area contributed by atoms with Crippen molar-refractivity contribution < 1.29 is 14.7 Å². The van der Waals surface area contributed by atoms with Gasteiger partial charge in [-0.15, -0.1) is 0 Å². The van der Waals surface area contributed by atoms with Crippen molar-refractivity contribution in [3.63, 3.8) is 0 Å². The molecule has 0 aliphatic carbocycles. The number of hydrogen-bond acceptors (Lipinski definition) is 4. The van der Waals surface area contributed by atoms with Crippen LogP contribution in [0, 0.1) is 0 Å². The van der Waals surface area contributed by atoms with Crippen LogP contribution in [0.2, 0.25) is 0 Å². The maximum Gasteiger partial charge on any atom is 0.317 e. The smallest absolute Gasteiger partial charge is 0.317 e. The number of anilines is 1. The van der Waals surface area contributed by atoms with Crippen LogP contribution in [0.3, 0.4) is 0 Å². The number of rotatable bonds is 4. The van der Waals surface area contributed by atoms with E-state index < -0.39 is 0 Å². The van der Waals surface area contributed by atoms with E-state index in [9.17, 15) is 4.79 Å². The van der Waals surface area contributed by atoms with E-state index in [0.717, 1.165) is 38.0 Å². The van der Waals surface area contributed by atoms with Gasteiger partial charge in [0.1, 0.15) is 0 Å². The number of nitrogens with one attached hydrogen (secondary N) is 2. The van der Waals surface area contributed by atoms with E-state index in [1.54, 1.807) is 7.05 Å². The van der Waals surface area contributed by atoms with E-state index in [-0.39, 0.29) is 12.5 Å². The van der Waals surface area contributed by atoms with E-state index >= 15 is 0 Å². The molecule has 0 bridgehead atoms. The second-order valence-corrected chi connectivity index (χ2v) is 5.30. The molecule has 1 fully saturated rings. The Morgan fingerprint density at radius 2 is 1.91 bits per heavy atom. The van der Waals surface area contributed by atoms with E-state index in [4.69, 9.17) is 15.6 Å². The van der Waals surface area contributed by atoms with Crippen molar-refractivity contribution in [1.82, 2.24) is 10.2 Å². The average molecular weight is 322 g/mol. The summed E-state index contributed by atoms with van der Waals surface area (Å²) in [6.45, 7) is 2.05. The van der Waals surface area contributed by atoms with Crippen LogP contribution < -0.4 is 16.4 Å². The number of nitrogens with zero attached hydrogens (tertiary/aromatic N) is 1. The lowest BCUT2D eigenvalue weighted by atomic mass is 10.0. The zero-order chi connectivity index (χ0) is 17.1. The minimum atomic E-state index is -0.250. The van der Waals surface area contributed by atoms with Crippen LogP contribution in [-0.2, 0) is 11.2 Å². The summed E-state index contributed by atoms with van der Waals surface area (Å²) in [5.74, 6) is 0. The van der Waals surface area contributed by atoms with Crippen LogP contribution in [-0.4, -0.2) is 55.2 Å². The Bertz CT molecular complexity index is 471. The number of nitrogens with two attached hydrogens (primary N) is 1. The van der Waals surface area contributed by atoms with Crippen LogP contribution in [0.1, 0.15) is 18.4 Å². The highest BCUT2D eigenvalue weighted by Crippen LogP contribution is 2.17.